The molecule has 14 heteroatoms. The summed E-state index contributed by atoms with van der Waals surface area (Å²) in [5.41, 5.74) is 0.950. The zero-order chi connectivity index (χ0) is 44.8. The van der Waals surface area contributed by atoms with Crippen LogP contribution in [0.3, 0.4) is 0 Å². The van der Waals surface area contributed by atoms with E-state index in [0.717, 1.165) is 37.7 Å². The van der Waals surface area contributed by atoms with E-state index < -0.39 is 36.3 Å². The Balaban J connectivity index is 0.000000813. The quantitative estimate of drug-likeness (QED) is 0.144. The number of rotatable bonds is 20. The number of hydrogen-bond acceptors (Lipinski definition) is 10. The highest BCUT2D eigenvalue weighted by Crippen LogP contribution is 2.29. The number of aliphatic hydroxyl groups is 1. The van der Waals surface area contributed by atoms with Crippen molar-refractivity contribution < 1.29 is 43.4 Å². The Morgan fingerprint density at radius 3 is 2.02 bits per heavy atom. The van der Waals surface area contributed by atoms with Gasteiger partial charge in [-0.15, -0.1) is 0 Å². The number of carbonyl (C=O) groups excluding carboxylic acids is 5. The molecule has 1 aromatic rings. The van der Waals surface area contributed by atoms with Crippen molar-refractivity contribution in [2.45, 2.75) is 157 Å². The number of aliphatic hydroxyl groups excluding tert-OH is 1. The number of amides is 4. The maximum atomic E-state index is 13.7. The van der Waals surface area contributed by atoms with Crippen LogP contribution >= 0.6 is 0 Å². The van der Waals surface area contributed by atoms with Gasteiger partial charge in [0.05, 0.1) is 49.3 Å². The Morgan fingerprint density at radius 2 is 1.53 bits per heavy atom. The molecule has 1 aromatic carbocycles. The summed E-state index contributed by atoms with van der Waals surface area (Å²) < 4.78 is 11.7. The summed E-state index contributed by atoms with van der Waals surface area (Å²) in [6.45, 7) is 20.6. The molecule has 2 aliphatic heterocycles. The van der Waals surface area contributed by atoms with E-state index in [-0.39, 0.29) is 53.4 Å². The van der Waals surface area contributed by atoms with Crippen LogP contribution < -0.4 is 16.0 Å². The van der Waals surface area contributed by atoms with Gasteiger partial charge in [-0.05, 0) is 69.9 Å². The molecule has 3 rings (SSSR count). The Morgan fingerprint density at radius 1 is 0.881 bits per heavy atom. The standard InChI is InChI=1S/C32H51N3O6.C11H22N2O3.C2H6/c1-7-22(2)23(3)28(39-5)21-29(36)34-17-13-16-27(34)30(40-6)24(4)31(37)33-26(20-25-14-9-8-10-15-25)32(38)35-18-11-12-19-41-35;1-6(2)9(7(3)14)13-11(16)10(12-5)8(4)15;1-2/h8-10,14-15,22-24,26-28,30H,7,11-13,16-21H2,1-6H3,(H,33,37);6,8-10,12,15H,1-5H3,(H,13,16);1-2H3/t22-,23-,24+,26-,27-,28+,30+;8-,9+,10+;/m01./s1. The first-order chi connectivity index (χ1) is 28.0. The second kappa shape index (κ2) is 28.2. The maximum absolute atomic E-state index is 13.7. The van der Waals surface area contributed by atoms with E-state index in [0.29, 0.717) is 38.5 Å². The van der Waals surface area contributed by atoms with Crippen molar-refractivity contribution in [2.24, 2.45) is 23.7 Å². The minimum atomic E-state index is -0.801. The first kappa shape index (κ1) is 53.6. The summed E-state index contributed by atoms with van der Waals surface area (Å²) in [7, 11) is 4.85. The number of ketones is 1. The second-order valence-electron chi connectivity index (χ2n) is 16.1. The Kier molecular flexibility index (Phi) is 25.6. The molecule has 0 aliphatic carbocycles. The molecule has 0 unspecified atom stereocenters. The number of likely N-dealkylation sites (tertiary alicyclic amines) is 1. The summed E-state index contributed by atoms with van der Waals surface area (Å²) in [5.74, 6) is -0.777. The molecule has 0 radical (unpaired) electrons. The van der Waals surface area contributed by atoms with Crippen LogP contribution in [0.25, 0.3) is 0 Å². The second-order valence-corrected chi connectivity index (χ2v) is 16.1. The van der Waals surface area contributed by atoms with Crippen molar-refractivity contribution in [1.82, 2.24) is 25.9 Å². The number of nitrogens with zero attached hydrogens (tertiary/aromatic N) is 2. The number of ether oxygens (including phenoxy) is 2. The van der Waals surface area contributed by atoms with Gasteiger partial charge in [0.25, 0.3) is 5.91 Å². The smallest absolute Gasteiger partial charge is 0.269 e. The Hall–Kier alpha value is -3.43. The van der Waals surface area contributed by atoms with E-state index >= 15 is 0 Å². The van der Waals surface area contributed by atoms with Crippen LogP contribution in [0.5, 0.6) is 0 Å². The van der Waals surface area contributed by atoms with Gasteiger partial charge < -0.3 is 35.4 Å². The van der Waals surface area contributed by atoms with Gasteiger partial charge in [0, 0.05) is 33.7 Å². The van der Waals surface area contributed by atoms with Crippen LogP contribution in [-0.2, 0) is 44.7 Å². The first-order valence-electron chi connectivity index (χ1n) is 21.8. The third-order valence-corrected chi connectivity index (χ3v) is 11.6. The van der Waals surface area contributed by atoms with Gasteiger partial charge in [0.1, 0.15) is 12.1 Å². The Bertz CT molecular complexity index is 1390. The highest BCUT2D eigenvalue weighted by atomic mass is 16.7. The molecule has 4 amide bonds. The number of nitrogens with one attached hydrogen (secondary N) is 3. The number of likely N-dealkylation sites (N-methyl/N-ethyl adjacent to an activating group) is 1. The Labute approximate surface area is 355 Å². The molecule has 2 heterocycles. The van der Waals surface area contributed by atoms with E-state index in [2.05, 4.69) is 36.7 Å². The fourth-order valence-corrected chi connectivity index (χ4v) is 7.67. The van der Waals surface area contributed by atoms with Crippen LogP contribution in [0.4, 0.5) is 0 Å². The molecule has 10 atom stereocenters. The molecule has 2 aliphatic rings. The van der Waals surface area contributed by atoms with Gasteiger partial charge in [0.15, 0.2) is 5.78 Å². The van der Waals surface area contributed by atoms with E-state index in [4.69, 9.17) is 14.3 Å². The molecule has 4 N–H and O–H groups in total. The molecule has 14 nitrogen and oxygen atoms in total. The third-order valence-electron chi connectivity index (χ3n) is 11.6. The van der Waals surface area contributed by atoms with Gasteiger partial charge in [-0.2, -0.15) is 0 Å². The summed E-state index contributed by atoms with van der Waals surface area (Å²) in [6, 6.07) is 7.47. The van der Waals surface area contributed by atoms with Crippen molar-refractivity contribution in [3.8, 4) is 0 Å². The van der Waals surface area contributed by atoms with Gasteiger partial charge in [0.2, 0.25) is 17.7 Å². The maximum Gasteiger partial charge on any atom is 0.269 e. The molecule has 0 saturated carbocycles. The monoisotopic (exact) mass is 834 g/mol. The molecule has 0 spiro atoms. The molecular formula is C45H79N5O9. The van der Waals surface area contributed by atoms with Crippen LogP contribution in [-0.4, -0.2) is 128 Å². The van der Waals surface area contributed by atoms with Crippen LogP contribution in [0.15, 0.2) is 30.3 Å². The molecule has 338 valence electrons. The number of benzene rings is 1. The number of hydroxylamine groups is 2. The summed E-state index contributed by atoms with van der Waals surface area (Å²) >= 11 is 0. The average Bonchev–Trinajstić information content (AvgIpc) is 3.72. The lowest BCUT2D eigenvalue weighted by Gasteiger charge is -2.36. The fraction of sp³-hybridized carbons (Fsp3) is 0.756. The number of carbonyl (C=O) groups is 5. The van der Waals surface area contributed by atoms with Gasteiger partial charge in [-0.3, -0.25) is 28.8 Å². The predicted octanol–water partition coefficient (Wildman–Crippen LogP) is 4.71. The van der Waals surface area contributed by atoms with Gasteiger partial charge in [-0.25, -0.2) is 5.06 Å². The lowest BCUT2D eigenvalue weighted by atomic mass is 9.87. The molecule has 0 bridgehead atoms. The van der Waals surface area contributed by atoms with Crippen molar-refractivity contribution >= 4 is 29.4 Å². The largest absolute Gasteiger partial charge is 0.391 e. The lowest BCUT2D eigenvalue weighted by Crippen LogP contribution is -2.55. The lowest BCUT2D eigenvalue weighted by molar-refractivity contribution is -0.199. The molecular weight excluding hydrogens is 755 g/mol. The van der Waals surface area contributed by atoms with E-state index in [1.165, 1.54) is 18.9 Å². The average molecular weight is 834 g/mol. The van der Waals surface area contributed by atoms with Crippen LogP contribution in [0.2, 0.25) is 0 Å². The number of hydrogen-bond donors (Lipinski definition) is 4. The fourth-order valence-electron chi connectivity index (χ4n) is 7.67. The minimum Gasteiger partial charge on any atom is -0.391 e. The zero-order valence-corrected chi connectivity index (χ0v) is 38.4. The topological polar surface area (TPSA) is 176 Å². The highest BCUT2D eigenvalue weighted by Gasteiger charge is 2.41. The minimum absolute atomic E-state index is 0.0311. The summed E-state index contributed by atoms with van der Waals surface area (Å²) in [6.07, 6.45) is 3.60. The van der Waals surface area contributed by atoms with Crippen LogP contribution in [0.1, 0.15) is 113 Å². The number of Topliss-reactive ketones (excluding diaryl/α,β-unsaturated/α-hetero) is 1. The van der Waals surface area contributed by atoms with E-state index in [1.807, 2.05) is 69.9 Å². The summed E-state index contributed by atoms with van der Waals surface area (Å²) in [5, 5.41) is 19.1. The normalized spacial score (nSPS) is 19.9. The number of methoxy groups -OCH3 is 2. The van der Waals surface area contributed by atoms with Gasteiger partial charge >= 0.3 is 0 Å². The first-order valence-corrected chi connectivity index (χ1v) is 21.8. The SMILES string of the molecule is CC.CC[C@H](C)[C@H](C)[C@@H](CC(=O)N1CCC[C@H]1[C@H](OC)[C@@H](C)C(=O)N[C@@H](Cc1ccccc1)C(=O)N1CCCCO1)OC.CN[C@H](C(=O)N[C@H](C(C)=O)C(C)C)[C@@H](C)O. The van der Waals surface area contributed by atoms with Crippen molar-refractivity contribution in [3.63, 3.8) is 0 Å². The zero-order valence-electron chi connectivity index (χ0n) is 38.4. The molecule has 2 fully saturated rings. The highest BCUT2D eigenvalue weighted by molar-refractivity contribution is 5.90. The van der Waals surface area contributed by atoms with Crippen molar-refractivity contribution in [3.05, 3.63) is 35.9 Å². The molecule has 59 heavy (non-hydrogen) atoms. The molecule has 2 saturated heterocycles. The van der Waals surface area contributed by atoms with Crippen LogP contribution in [0, 0.1) is 23.7 Å². The van der Waals surface area contributed by atoms with Crippen molar-refractivity contribution in [1.29, 1.82) is 0 Å². The van der Waals surface area contributed by atoms with Crippen molar-refractivity contribution in [2.75, 3.05) is 41.0 Å². The summed E-state index contributed by atoms with van der Waals surface area (Å²) in [4.78, 5) is 71.2. The van der Waals surface area contributed by atoms with E-state index in [1.54, 1.807) is 21.3 Å². The predicted molar refractivity (Wildman–Crippen MR) is 231 cm³/mol. The third kappa shape index (κ3) is 16.9. The van der Waals surface area contributed by atoms with Gasteiger partial charge in [-0.1, -0.05) is 92.1 Å². The molecule has 0 aromatic heterocycles. The van der Waals surface area contributed by atoms with E-state index in [9.17, 15) is 29.1 Å².